The molecule has 2 saturated carbocycles. The molecule has 4 rings (SSSR count). The zero-order valence-electron chi connectivity index (χ0n) is 19.2. The third-order valence-electron chi connectivity index (χ3n) is 6.59. The molecule has 1 amide bonds. The molecular weight excluding hydrogens is 519 g/mol. The number of esters is 1. The molecule has 2 bridgehead atoms. The molecule has 2 fully saturated rings. The van der Waals surface area contributed by atoms with Gasteiger partial charge in [0, 0.05) is 29.5 Å². The Hall–Kier alpha value is -2.85. The van der Waals surface area contributed by atoms with Gasteiger partial charge < -0.3 is 10.1 Å². The smallest absolute Gasteiger partial charge is 0.330 e. The number of hydrogen-bond donors (Lipinski definition) is 1. The lowest BCUT2D eigenvalue weighted by Crippen LogP contribution is -2.35. The van der Waals surface area contributed by atoms with E-state index in [9.17, 15) is 31.2 Å². The van der Waals surface area contributed by atoms with Crippen LogP contribution >= 0.6 is 11.6 Å². The number of benzene rings is 2. The standard InChI is InChI=1S/C25H23ClF3NO5S/c1-2-35-22(31)9-13-7-14-3-4-15(8-13)24(14)36(33,34)21-10-16(5-6-18(21)26)25(32)30-17-11-19(27)23(29)20(28)12-17/h5-6,9-12,14-15,24H,2-4,7-8H2,1H3,(H,30,32)/b13-9-/t14?,15-,24-/m0/s1. The number of ether oxygens (including phenoxy) is 1. The lowest BCUT2D eigenvalue weighted by molar-refractivity contribution is -0.137. The van der Waals surface area contributed by atoms with Crippen LogP contribution in [-0.2, 0) is 19.4 Å². The van der Waals surface area contributed by atoms with E-state index in [-0.39, 0.29) is 39.6 Å². The van der Waals surface area contributed by atoms with Crippen molar-refractivity contribution in [3.63, 3.8) is 0 Å². The van der Waals surface area contributed by atoms with E-state index in [0.717, 1.165) is 11.6 Å². The van der Waals surface area contributed by atoms with Crippen LogP contribution in [0.2, 0.25) is 5.02 Å². The van der Waals surface area contributed by atoms with Crippen LogP contribution in [0.4, 0.5) is 18.9 Å². The highest BCUT2D eigenvalue weighted by atomic mass is 35.5. The maximum absolute atomic E-state index is 13.7. The maximum atomic E-state index is 13.7. The highest BCUT2D eigenvalue weighted by Gasteiger charge is 2.49. The molecule has 2 aromatic carbocycles. The summed E-state index contributed by atoms with van der Waals surface area (Å²) in [4.78, 5) is 24.3. The zero-order valence-corrected chi connectivity index (χ0v) is 20.8. The fraction of sp³-hybridized carbons (Fsp3) is 0.360. The molecular formula is C25H23ClF3NO5S. The number of rotatable bonds is 6. The van der Waals surface area contributed by atoms with Crippen molar-refractivity contribution in [3.8, 4) is 0 Å². The average Bonchev–Trinajstić information content (AvgIpc) is 3.09. The van der Waals surface area contributed by atoms with E-state index in [1.165, 1.54) is 18.2 Å². The molecule has 0 aromatic heterocycles. The van der Waals surface area contributed by atoms with Crippen LogP contribution in [-0.4, -0.2) is 32.2 Å². The van der Waals surface area contributed by atoms with Crippen LogP contribution in [0.1, 0.15) is 43.0 Å². The molecule has 0 saturated heterocycles. The van der Waals surface area contributed by atoms with E-state index < -0.39 is 44.4 Å². The molecule has 0 spiro atoms. The molecule has 1 unspecified atom stereocenters. The lowest BCUT2D eigenvalue weighted by atomic mass is 9.84. The second-order valence-electron chi connectivity index (χ2n) is 8.92. The Morgan fingerprint density at radius 3 is 2.28 bits per heavy atom. The number of hydrogen-bond acceptors (Lipinski definition) is 5. The first-order chi connectivity index (χ1) is 17.0. The fourth-order valence-electron chi connectivity index (χ4n) is 5.15. The molecule has 0 aliphatic heterocycles. The molecule has 1 N–H and O–H groups in total. The molecule has 2 aliphatic rings. The number of amides is 1. The third kappa shape index (κ3) is 5.15. The summed E-state index contributed by atoms with van der Waals surface area (Å²) in [5.41, 5.74) is 0.418. The minimum Gasteiger partial charge on any atom is -0.463 e. The first kappa shape index (κ1) is 26.2. The Labute approximate surface area is 211 Å². The Bertz CT molecular complexity index is 1320. The van der Waals surface area contributed by atoms with Crippen LogP contribution in [0.15, 0.2) is 46.9 Å². The van der Waals surface area contributed by atoms with Crippen LogP contribution in [0, 0.1) is 29.3 Å². The zero-order chi connectivity index (χ0) is 26.2. The van der Waals surface area contributed by atoms with E-state index in [1.54, 1.807) is 6.92 Å². The van der Waals surface area contributed by atoms with Crippen molar-refractivity contribution in [2.24, 2.45) is 11.8 Å². The monoisotopic (exact) mass is 541 g/mol. The number of fused-ring (bicyclic) bond motifs is 2. The Morgan fingerprint density at radius 1 is 1.08 bits per heavy atom. The topological polar surface area (TPSA) is 89.5 Å². The Balaban J connectivity index is 1.59. The van der Waals surface area contributed by atoms with Gasteiger partial charge in [-0.1, -0.05) is 17.2 Å². The van der Waals surface area contributed by atoms with E-state index >= 15 is 0 Å². The number of sulfone groups is 1. The van der Waals surface area contributed by atoms with Crippen molar-refractivity contribution in [1.82, 2.24) is 0 Å². The number of allylic oxidation sites excluding steroid dienone is 1. The quantitative estimate of drug-likeness (QED) is 0.298. The minimum absolute atomic E-state index is 0.0577. The number of anilines is 1. The summed E-state index contributed by atoms with van der Waals surface area (Å²) in [6.45, 7) is 1.96. The van der Waals surface area contributed by atoms with Crippen molar-refractivity contribution < 1.29 is 35.9 Å². The largest absolute Gasteiger partial charge is 0.463 e. The van der Waals surface area contributed by atoms with Gasteiger partial charge in [-0.25, -0.2) is 26.4 Å². The predicted molar refractivity (Wildman–Crippen MR) is 127 cm³/mol. The Kier molecular flexibility index (Phi) is 7.47. The summed E-state index contributed by atoms with van der Waals surface area (Å²) in [5.74, 6) is -6.35. The highest BCUT2D eigenvalue weighted by molar-refractivity contribution is 7.92. The van der Waals surface area contributed by atoms with E-state index in [0.29, 0.717) is 37.8 Å². The number of carbonyl (C=O) groups is 2. The van der Waals surface area contributed by atoms with E-state index in [1.807, 2.05) is 0 Å². The van der Waals surface area contributed by atoms with Crippen molar-refractivity contribution in [2.45, 2.75) is 42.8 Å². The SMILES string of the molecule is CCOC(=O)/C=C1/CC2CC[C@@H](C1)[C@H]2S(=O)(=O)c1cc(C(=O)Nc2cc(F)c(F)c(F)c2)ccc1Cl. The van der Waals surface area contributed by atoms with Crippen molar-refractivity contribution in [2.75, 3.05) is 11.9 Å². The molecule has 3 atom stereocenters. The summed E-state index contributed by atoms with van der Waals surface area (Å²) in [6, 6.07) is 4.91. The molecule has 11 heteroatoms. The van der Waals surface area contributed by atoms with Gasteiger partial charge in [0.15, 0.2) is 27.3 Å². The van der Waals surface area contributed by atoms with Gasteiger partial charge in [-0.05, 0) is 62.6 Å². The van der Waals surface area contributed by atoms with Crippen molar-refractivity contribution in [1.29, 1.82) is 0 Å². The molecule has 2 aromatic rings. The van der Waals surface area contributed by atoms with Crippen LogP contribution in [0.5, 0.6) is 0 Å². The summed E-state index contributed by atoms with van der Waals surface area (Å²) < 4.78 is 72.5. The highest BCUT2D eigenvalue weighted by Crippen LogP contribution is 2.50. The first-order valence-corrected chi connectivity index (χ1v) is 13.3. The molecule has 36 heavy (non-hydrogen) atoms. The third-order valence-corrected chi connectivity index (χ3v) is 9.47. The second kappa shape index (κ2) is 10.3. The van der Waals surface area contributed by atoms with Crippen LogP contribution in [0.25, 0.3) is 0 Å². The van der Waals surface area contributed by atoms with Crippen LogP contribution in [0.3, 0.4) is 0 Å². The maximum Gasteiger partial charge on any atom is 0.330 e. The molecule has 192 valence electrons. The van der Waals surface area contributed by atoms with Gasteiger partial charge in [0.2, 0.25) is 0 Å². The number of halogens is 4. The van der Waals surface area contributed by atoms with Gasteiger partial charge in [0.25, 0.3) is 5.91 Å². The summed E-state index contributed by atoms with van der Waals surface area (Å²) >= 11 is 6.25. The van der Waals surface area contributed by atoms with E-state index in [2.05, 4.69) is 5.32 Å². The van der Waals surface area contributed by atoms with Gasteiger partial charge in [0.05, 0.1) is 21.8 Å². The van der Waals surface area contributed by atoms with Gasteiger partial charge in [-0.15, -0.1) is 0 Å². The van der Waals surface area contributed by atoms with Gasteiger partial charge in [-0.2, -0.15) is 0 Å². The van der Waals surface area contributed by atoms with Crippen molar-refractivity contribution in [3.05, 3.63) is 70.0 Å². The number of carbonyl (C=O) groups excluding carboxylic acids is 2. The first-order valence-electron chi connectivity index (χ1n) is 11.4. The van der Waals surface area contributed by atoms with Crippen molar-refractivity contribution >= 4 is 39.0 Å². The van der Waals surface area contributed by atoms with Gasteiger partial charge in [-0.3, -0.25) is 4.79 Å². The normalized spacial score (nSPS) is 22.5. The molecule has 0 radical (unpaired) electrons. The van der Waals surface area contributed by atoms with Gasteiger partial charge >= 0.3 is 5.97 Å². The molecule has 0 heterocycles. The molecule has 2 aliphatic carbocycles. The Morgan fingerprint density at radius 2 is 1.69 bits per heavy atom. The second-order valence-corrected chi connectivity index (χ2v) is 11.4. The van der Waals surface area contributed by atoms with E-state index in [4.69, 9.17) is 16.3 Å². The average molecular weight is 542 g/mol. The summed E-state index contributed by atoms with van der Waals surface area (Å²) in [6.07, 6.45) is 3.68. The van der Waals surface area contributed by atoms with Crippen LogP contribution < -0.4 is 5.32 Å². The molecule has 6 nitrogen and oxygen atoms in total. The number of nitrogens with one attached hydrogen (secondary N) is 1. The van der Waals surface area contributed by atoms with Gasteiger partial charge in [0.1, 0.15) is 0 Å². The fourth-order valence-corrected chi connectivity index (χ4v) is 7.99. The minimum atomic E-state index is -3.96. The summed E-state index contributed by atoms with van der Waals surface area (Å²) in [5, 5.41) is 1.45. The summed E-state index contributed by atoms with van der Waals surface area (Å²) in [7, 11) is -3.96. The lowest BCUT2D eigenvalue weighted by Gasteiger charge is -2.31. The predicted octanol–water partition coefficient (Wildman–Crippen LogP) is 5.46.